The van der Waals surface area contributed by atoms with Crippen LogP contribution in [-0.4, -0.2) is 28.6 Å². The normalized spacial score (nSPS) is 13.6. The molecule has 6 heteroatoms. The van der Waals surface area contributed by atoms with Crippen LogP contribution in [0.1, 0.15) is 19.4 Å². The number of nitro groups is 1. The zero-order chi connectivity index (χ0) is 14.4. The van der Waals surface area contributed by atoms with Crippen LogP contribution in [0.3, 0.4) is 0 Å². The van der Waals surface area contributed by atoms with Gasteiger partial charge in [0.25, 0.3) is 5.69 Å². The monoisotopic (exact) mass is 266 g/mol. The van der Waals surface area contributed by atoms with Crippen molar-refractivity contribution < 1.29 is 14.8 Å². The first-order valence-corrected chi connectivity index (χ1v) is 6.07. The Balaban J connectivity index is 2.62. The molecule has 0 saturated carbocycles. The summed E-state index contributed by atoms with van der Waals surface area (Å²) >= 11 is 0. The van der Waals surface area contributed by atoms with Gasteiger partial charge in [-0.1, -0.05) is 19.1 Å². The van der Waals surface area contributed by atoms with Crippen LogP contribution in [0.25, 0.3) is 0 Å². The first-order valence-electron chi connectivity index (χ1n) is 6.07. The van der Waals surface area contributed by atoms with Gasteiger partial charge in [-0.15, -0.1) is 0 Å². The Morgan fingerprint density at radius 1 is 1.47 bits per heavy atom. The average molecular weight is 266 g/mol. The molecule has 2 atom stereocenters. The van der Waals surface area contributed by atoms with Gasteiger partial charge in [-0.05, 0) is 18.4 Å². The highest BCUT2D eigenvalue weighted by Crippen LogP contribution is 2.13. The second-order valence-corrected chi connectivity index (χ2v) is 4.62. The van der Waals surface area contributed by atoms with Crippen molar-refractivity contribution in [2.75, 3.05) is 6.61 Å². The second kappa shape index (κ2) is 6.84. The van der Waals surface area contributed by atoms with Gasteiger partial charge in [-0.25, -0.2) is 0 Å². The highest BCUT2D eigenvalue weighted by molar-refractivity contribution is 5.79. The van der Waals surface area contributed by atoms with Crippen molar-refractivity contribution in [2.45, 2.75) is 26.3 Å². The fourth-order valence-electron chi connectivity index (χ4n) is 1.57. The molecular formula is C13H18N2O4. The zero-order valence-corrected chi connectivity index (χ0v) is 11.0. The molecule has 0 aliphatic rings. The van der Waals surface area contributed by atoms with Crippen molar-refractivity contribution in [1.29, 1.82) is 0 Å². The van der Waals surface area contributed by atoms with Gasteiger partial charge in [0.1, 0.15) is 0 Å². The molecule has 0 spiro atoms. The van der Waals surface area contributed by atoms with E-state index < -0.39 is 4.92 Å². The number of hydrogen-bond donors (Lipinski definition) is 2. The molecule has 0 saturated heterocycles. The number of rotatable bonds is 6. The second-order valence-electron chi connectivity index (χ2n) is 4.62. The average Bonchev–Trinajstić information content (AvgIpc) is 2.37. The number of benzene rings is 1. The lowest BCUT2D eigenvalue weighted by Crippen LogP contribution is -2.39. The molecule has 0 aliphatic carbocycles. The van der Waals surface area contributed by atoms with Gasteiger partial charge in [0.2, 0.25) is 5.91 Å². The summed E-state index contributed by atoms with van der Waals surface area (Å²) in [4.78, 5) is 21.9. The van der Waals surface area contributed by atoms with E-state index in [1.807, 2.05) is 13.8 Å². The van der Waals surface area contributed by atoms with Crippen molar-refractivity contribution in [3.8, 4) is 0 Å². The summed E-state index contributed by atoms with van der Waals surface area (Å²) in [6.45, 7) is 3.64. The largest absolute Gasteiger partial charge is 0.396 e. The minimum Gasteiger partial charge on any atom is -0.396 e. The van der Waals surface area contributed by atoms with E-state index in [2.05, 4.69) is 5.32 Å². The molecular weight excluding hydrogens is 248 g/mol. The van der Waals surface area contributed by atoms with E-state index in [9.17, 15) is 14.9 Å². The molecule has 6 nitrogen and oxygen atoms in total. The van der Waals surface area contributed by atoms with Gasteiger partial charge in [0.05, 0.1) is 11.3 Å². The van der Waals surface area contributed by atoms with Gasteiger partial charge in [0.15, 0.2) is 0 Å². The van der Waals surface area contributed by atoms with E-state index in [0.717, 1.165) is 0 Å². The Labute approximate surface area is 111 Å². The number of nitrogens with one attached hydrogen (secondary N) is 1. The van der Waals surface area contributed by atoms with Crippen LogP contribution >= 0.6 is 0 Å². The lowest BCUT2D eigenvalue weighted by molar-refractivity contribution is -0.384. The summed E-state index contributed by atoms with van der Waals surface area (Å²) in [5, 5.41) is 22.4. The third-order valence-corrected chi connectivity index (χ3v) is 3.02. The van der Waals surface area contributed by atoms with E-state index in [4.69, 9.17) is 5.11 Å². The molecule has 1 aromatic carbocycles. The molecule has 1 aromatic rings. The molecule has 0 aliphatic heterocycles. The van der Waals surface area contributed by atoms with Gasteiger partial charge < -0.3 is 10.4 Å². The van der Waals surface area contributed by atoms with E-state index in [-0.39, 0.29) is 36.6 Å². The fraction of sp³-hybridized carbons (Fsp3) is 0.462. The Hall–Kier alpha value is -1.95. The number of aliphatic hydroxyl groups excluding tert-OH is 1. The molecule has 0 radical (unpaired) electrons. The highest BCUT2D eigenvalue weighted by atomic mass is 16.6. The maximum Gasteiger partial charge on any atom is 0.269 e. The standard InChI is InChI=1S/C13H18N2O4/c1-9(8-16)10(2)14-13(17)7-11-4-3-5-12(6-11)15(18)19/h3-6,9-10,16H,7-8H2,1-2H3,(H,14,17)/t9-,10+/m0/s1. The highest BCUT2D eigenvalue weighted by Gasteiger charge is 2.15. The first kappa shape index (κ1) is 15.1. The van der Waals surface area contributed by atoms with Crippen LogP contribution in [-0.2, 0) is 11.2 Å². The van der Waals surface area contributed by atoms with Crippen LogP contribution < -0.4 is 5.32 Å². The quantitative estimate of drug-likeness (QED) is 0.599. The first-order chi connectivity index (χ1) is 8.93. The number of nitro benzene ring substituents is 1. The van der Waals surface area contributed by atoms with Crippen molar-refractivity contribution >= 4 is 11.6 Å². The molecule has 0 bridgehead atoms. The van der Waals surface area contributed by atoms with E-state index >= 15 is 0 Å². The Kier molecular flexibility index (Phi) is 5.44. The van der Waals surface area contributed by atoms with Gasteiger partial charge in [-0.2, -0.15) is 0 Å². The number of carbonyl (C=O) groups excluding carboxylic acids is 1. The molecule has 0 aromatic heterocycles. The van der Waals surface area contributed by atoms with E-state index in [1.54, 1.807) is 12.1 Å². The Bertz CT molecular complexity index is 462. The third-order valence-electron chi connectivity index (χ3n) is 3.02. The number of aliphatic hydroxyl groups is 1. The van der Waals surface area contributed by atoms with Crippen LogP contribution in [0, 0.1) is 16.0 Å². The predicted molar refractivity (Wildman–Crippen MR) is 70.7 cm³/mol. The van der Waals surface area contributed by atoms with Crippen molar-refractivity contribution in [1.82, 2.24) is 5.32 Å². The summed E-state index contributed by atoms with van der Waals surface area (Å²) in [7, 11) is 0. The number of hydrogen-bond acceptors (Lipinski definition) is 4. The van der Waals surface area contributed by atoms with Crippen molar-refractivity contribution in [3.63, 3.8) is 0 Å². The summed E-state index contributed by atoms with van der Waals surface area (Å²) < 4.78 is 0. The van der Waals surface area contributed by atoms with Crippen molar-refractivity contribution in [2.24, 2.45) is 5.92 Å². The number of non-ortho nitro benzene ring substituents is 1. The van der Waals surface area contributed by atoms with E-state index in [1.165, 1.54) is 12.1 Å². The van der Waals surface area contributed by atoms with Crippen molar-refractivity contribution in [3.05, 3.63) is 39.9 Å². The third kappa shape index (κ3) is 4.67. The molecule has 0 unspecified atom stereocenters. The minimum atomic E-state index is -0.488. The summed E-state index contributed by atoms with van der Waals surface area (Å²) in [5.74, 6) is -0.248. The molecule has 0 heterocycles. The summed E-state index contributed by atoms with van der Waals surface area (Å²) in [6, 6.07) is 5.86. The smallest absolute Gasteiger partial charge is 0.269 e. The topological polar surface area (TPSA) is 92.5 Å². The number of carbonyl (C=O) groups is 1. The van der Waals surface area contributed by atoms with Crippen LogP contribution in [0.4, 0.5) is 5.69 Å². The lowest BCUT2D eigenvalue weighted by atomic mass is 10.0. The van der Waals surface area contributed by atoms with Gasteiger partial charge in [-0.3, -0.25) is 14.9 Å². The van der Waals surface area contributed by atoms with E-state index in [0.29, 0.717) is 5.56 Å². The molecule has 0 fully saturated rings. The SMILES string of the molecule is C[C@@H](CO)[C@@H](C)NC(=O)Cc1cccc([N+](=O)[O-])c1. The molecule has 2 N–H and O–H groups in total. The van der Waals surface area contributed by atoms with Gasteiger partial charge >= 0.3 is 0 Å². The van der Waals surface area contributed by atoms with Crippen LogP contribution in [0.5, 0.6) is 0 Å². The van der Waals surface area contributed by atoms with Crippen LogP contribution in [0.15, 0.2) is 24.3 Å². The summed E-state index contributed by atoms with van der Waals surface area (Å²) in [6.07, 6.45) is 0.0875. The zero-order valence-electron chi connectivity index (χ0n) is 11.0. The molecule has 1 amide bonds. The fourth-order valence-corrected chi connectivity index (χ4v) is 1.57. The maximum absolute atomic E-state index is 11.8. The predicted octanol–water partition coefficient (Wildman–Crippen LogP) is 1.27. The molecule has 104 valence electrons. The summed E-state index contributed by atoms with van der Waals surface area (Å²) in [5.41, 5.74) is 0.567. The number of nitrogens with zero attached hydrogens (tertiary/aromatic N) is 1. The molecule has 1 rings (SSSR count). The Morgan fingerprint density at radius 3 is 2.74 bits per heavy atom. The number of amides is 1. The maximum atomic E-state index is 11.8. The molecule has 19 heavy (non-hydrogen) atoms. The van der Waals surface area contributed by atoms with Crippen LogP contribution in [0.2, 0.25) is 0 Å². The van der Waals surface area contributed by atoms with Gasteiger partial charge in [0, 0.05) is 24.8 Å². The minimum absolute atomic E-state index is 0.00173. The lowest BCUT2D eigenvalue weighted by Gasteiger charge is -2.19. The Morgan fingerprint density at radius 2 is 2.16 bits per heavy atom.